The van der Waals surface area contributed by atoms with Crippen LogP contribution in [0.3, 0.4) is 0 Å². The van der Waals surface area contributed by atoms with Crippen molar-refractivity contribution in [3.63, 3.8) is 0 Å². The van der Waals surface area contributed by atoms with Gasteiger partial charge in [0.2, 0.25) is 5.95 Å². The molecule has 0 bridgehead atoms. The number of fused-ring (bicyclic) bond motifs is 2. The smallest absolute Gasteiger partial charge is 0.323 e. The number of benzene rings is 2. The number of nitrogens with two attached hydrogens (primary N) is 1. The Morgan fingerprint density at radius 1 is 1.22 bits per heavy atom. The number of rotatable bonds is 11. The number of aromatic nitrogens is 4. The Hall–Kier alpha value is -3.53. The van der Waals surface area contributed by atoms with Gasteiger partial charge in [0, 0.05) is 19.5 Å². The Bertz CT molecular complexity index is 1810. The average molecular weight is 680 g/mol. The molecule has 1 unspecified atom stereocenters. The van der Waals surface area contributed by atoms with E-state index in [1.165, 1.54) is 13.3 Å². The van der Waals surface area contributed by atoms with E-state index < -0.39 is 55.2 Å². The summed E-state index contributed by atoms with van der Waals surface area (Å²) >= 11 is 5.76. The maximum Gasteiger partial charge on any atom is 0.323 e. The summed E-state index contributed by atoms with van der Waals surface area (Å²) in [4.78, 5) is 26.9. The minimum absolute atomic E-state index is 0.0611. The highest BCUT2D eigenvalue weighted by molar-refractivity contribution is 8.09. The number of anilines is 2. The second kappa shape index (κ2) is 12.6. The number of halogens is 2. The molecule has 1 fully saturated rings. The van der Waals surface area contributed by atoms with Crippen LogP contribution >= 0.6 is 6.64 Å². The Balaban J connectivity index is 1.46. The van der Waals surface area contributed by atoms with Crippen molar-refractivity contribution in [3.05, 3.63) is 48.8 Å². The molecule has 2 aromatic heterocycles. The molecule has 13 nitrogen and oxygen atoms in total. The van der Waals surface area contributed by atoms with E-state index in [9.17, 15) is 9.90 Å². The van der Waals surface area contributed by atoms with E-state index in [0.29, 0.717) is 17.0 Å². The number of aliphatic hydroxyl groups is 1. The first-order chi connectivity index (χ1) is 21.5. The van der Waals surface area contributed by atoms with E-state index in [2.05, 4.69) is 20.0 Å². The van der Waals surface area contributed by atoms with Crippen molar-refractivity contribution in [3.8, 4) is 5.75 Å². The molecule has 0 radical (unpaired) electrons. The number of hydrogen-bond donors (Lipinski definition) is 3. The molecular weight excluding hydrogens is 643 g/mol. The fourth-order valence-electron chi connectivity index (χ4n) is 5.06. The molecule has 0 spiro atoms. The second-order valence-electron chi connectivity index (χ2n) is 11.6. The van der Waals surface area contributed by atoms with Crippen molar-refractivity contribution in [2.24, 2.45) is 0 Å². The number of aliphatic hydroxyl groups excluding tert-OH is 1. The average Bonchev–Trinajstić information content (AvgIpc) is 3.47. The van der Waals surface area contributed by atoms with Gasteiger partial charge in [-0.25, -0.2) is 18.9 Å². The topological polar surface area (TPSA) is 159 Å². The molecule has 0 amide bonds. The molecule has 6 atom stereocenters. The summed E-state index contributed by atoms with van der Waals surface area (Å²) in [6.45, 7) is 0.933. The summed E-state index contributed by atoms with van der Waals surface area (Å²) in [7, 11) is 3.42. The summed E-state index contributed by atoms with van der Waals surface area (Å²) < 4.78 is 56.9. The van der Waals surface area contributed by atoms with Crippen LogP contribution in [0.5, 0.6) is 5.75 Å². The zero-order valence-corrected chi connectivity index (χ0v) is 27.8. The fraction of sp³-hybridized carbons (Fsp3) is 0.448. The molecular formula is C29H36F2N7O6PS. The van der Waals surface area contributed by atoms with Crippen LogP contribution in [0.2, 0.25) is 0 Å². The molecule has 4 N–H and O–H groups in total. The summed E-state index contributed by atoms with van der Waals surface area (Å²) in [6.07, 6.45) is -3.33. The highest BCUT2D eigenvalue weighted by atomic mass is 32.5. The lowest BCUT2D eigenvalue weighted by atomic mass is 9.97. The molecule has 1 aliphatic heterocycles. The minimum Gasteiger partial charge on any atom is -0.462 e. The Morgan fingerprint density at radius 2 is 1.91 bits per heavy atom. The monoisotopic (exact) mass is 679 g/mol. The largest absolute Gasteiger partial charge is 0.462 e. The normalized spacial score (nSPS) is 25.1. The maximum atomic E-state index is 16.6. The minimum atomic E-state index is -3.84. The van der Waals surface area contributed by atoms with Crippen LogP contribution < -0.4 is 20.2 Å². The first-order valence-electron chi connectivity index (χ1n) is 14.4. The van der Waals surface area contributed by atoms with Gasteiger partial charge < -0.3 is 34.3 Å². The van der Waals surface area contributed by atoms with Gasteiger partial charge in [0.1, 0.15) is 18.4 Å². The van der Waals surface area contributed by atoms with Crippen molar-refractivity contribution in [2.75, 3.05) is 31.3 Å². The third-order valence-corrected chi connectivity index (χ3v) is 9.75. The first-order valence-corrected chi connectivity index (χ1v) is 17.0. The maximum absolute atomic E-state index is 16.6. The van der Waals surface area contributed by atoms with Gasteiger partial charge in [0.25, 0.3) is 5.85 Å². The van der Waals surface area contributed by atoms with Crippen molar-refractivity contribution >= 4 is 58.1 Å². The van der Waals surface area contributed by atoms with E-state index in [-0.39, 0.29) is 17.1 Å². The molecule has 1 aliphatic rings. The summed E-state index contributed by atoms with van der Waals surface area (Å²) in [5.74, 6) is -3.27. The summed E-state index contributed by atoms with van der Waals surface area (Å²) in [6, 6.07) is 11.5. The Kier molecular flexibility index (Phi) is 9.25. The number of nitrogens with one attached hydrogen (secondary N) is 1. The van der Waals surface area contributed by atoms with Crippen LogP contribution in [-0.2, 0) is 30.6 Å². The van der Waals surface area contributed by atoms with Gasteiger partial charge in [-0.3, -0.25) is 9.36 Å². The van der Waals surface area contributed by atoms with Crippen molar-refractivity contribution in [1.82, 2.24) is 24.6 Å². The van der Waals surface area contributed by atoms with E-state index in [1.807, 2.05) is 18.2 Å². The van der Waals surface area contributed by atoms with E-state index >= 15 is 8.78 Å². The number of carbonyl (C=O) groups is 1. The third kappa shape index (κ3) is 6.50. The number of nitrogen functional groups attached to an aromatic ring is 1. The van der Waals surface area contributed by atoms with Crippen molar-refractivity contribution in [1.29, 1.82) is 0 Å². The number of nitrogens with zero attached hydrogens (tertiary/aromatic N) is 5. The SMILES string of the molecule is CC(C)OC(=O)[C@H](C)NP(=S)(OC[C@@]1(F)O[C@@H](n2cnc3c(N(C)C)nc(N)nc32)[C@](C)(F)[C@@H]1O)Oc1cccc2ccccc12. The number of imidazole rings is 1. The molecule has 3 heterocycles. The molecule has 0 aliphatic carbocycles. The molecule has 1 saturated heterocycles. The Morgan fingerprint density at radius 3 is 2.61 bits per heavy atom. The molecule has 17 heteroatoms. The van der Waals surface area contributed by atoms with Crippen LogP contribution in [-0.4, -0.2) is 81.1 Å². The van der Waals surface area contributed by atoms with Crippen LogP contribution in [0.15, 0.2) is 48.8 Å². The van der Waals surface area contributed by atoms with Gasteiger partial charge in [0.05, 0.1) is 12.4 Å². The highest BCUT2D eigenvalue weighted by Gasteiger charge is 2.65. The molecule has 4 aromatic rings. The van der Waals surface area contributed by atoms with Gasteiger partial charge in [-0.1, -0.05) is 36.4 Å². The van der Waals surface area contributed by atoms with Crippen LogP contribution in [0, 0.1) is 0 Å². The lowest BCUT2D eigenvalue weighted by molar-refractivity contribution is -0.202. The zero-order chi connectivity index (χ0) is 33.6. The summed E-state index contributed by atoms with van der Waals surface area (Å²) in [5, 5.41) is 15.3. The van der Waals surface area contributed by atoms with E-state index in [4.69, 9.17) is 36.1 Å². The van der Waals surface area contributed by atoms with Crippen LogP contribution in [0.25, 0.3) is 21.9 Å². The summed E-state index contributed by atoms with van der Waals surface area (Å²) in [5.41, 5.74) is 3.49. The van der Waals surface area contributed by atoms with Gasteiger partial charge in [-0.15, -0.1) is 0 Å². The standard InChI is InChI=1S/C29H36F2N7O6PS/c1-16(2)42-24(39)17(3)36-45(46,44-20-13-9-11-18-10-7-8-12-19(18)20)41-14-29(31)25(40)28(4,30)26(43-29)38-15-33-21-22(37(5)6)34-27(32)35-23(21)38/h7-13,15-17,25-26,40H,14H2,1-6H3,(H,36,46)(H2,32,34,35)/t17-,25-,26+,28+,29+,45?/m0/s1. The molecule has 248 valence electrons. The van der Waals surface area contributed by atoms with Gasteiger partial charge in [0.15, 0.2) is 35.0 Å². The lowest BCUT2D eigenvalue weighted by Crippen LogP contribution is -2.47. The predicted octanol–water partition coefficient (Wildman–Crippen LogP) is 4.16. The van der Waals surface area contributed by atoms with Crippen molar-refractivity contribution < 1.29 is 37.2 Å². The number of hydrogen-bond acceptors (Lipinski definition) is 12. The van der Waals surface area contributed by atoms with E-state index in [0.717, 1.165) is 16.9 Å². The lowest BCUT2D eigenvalue weighted by Gasteiger charge is -2.30. The van der Waals surface area contributed by atoms with Gasteiger partial charge >= 0.3 is 12.6 Å². The number of carbonyl (C=O) groups excluding carboxylic acids is 1. The second-order valence-corrected chi connectivity index (χ2v) is 14.7. The highest BCUT2D eigenvalue weighted by Crippen LogP contribution is 2.53. The van der Waals surface area contributed by atoms with E-state index in [1.54, 1.807) is 57.1 Å². The predicted molar refractivity (Wildman–Crippen MR) is 172 cm³/mol. The van der Waals surface area contributed by atoms with Crippen LogP contribution in [0.1, 0.15) is 33.9 Å². The number of esters is 1. The third-order valence-electron chi connectivity index (χ3n) is 7.29. The van der Waals surface area contributed by atoms with Crippen molar-refractivity contribution in [2.45, 2.75) is 63.7 Å². The zero-order valence-electron chi connectivity index (χ0n) is 26.0. The number of alkyl halides is 2. The molecule has 46 heavy (non-hydrogen) atoms. The number of ether oxygens (including phenoxy) is 2. The molecule has 5 rings (SSSR count). The molecule has 2 aromatic carbocycles. The first kappa shape index (κ1) is 33.8. The van der Waals surface area contributed by atoms with Crippen LogP contribution in [0.4, 0.5) is 20.5 Å². The van der Waals surface area contributed by atoms with Gasteiger partial charge in [-0.2, -0.15) is 9.97 Å². The fourth-order valence-corrected chi connectivity index (χ4v) is 7.45. The van der Waals surface area contributed by atoms with Gasteiger partial charge in [-0.05, 0) is 51.0 Å². The molecule has 0 saturated carbocycles. The Labute approximate surface area is 269 Å². The quantitative estimate of drug-likeness (QED) is 0.153.